The van der Waals surface area contributed by atoms with Crippen LogP contribution in [0.1, 0.15) is 117 Å². The zero-order valence-electron chi connectivity index (χ0n) is 30.0. The number of carbonyl (C=O) groups is 1. The fourth-order valence-electron chi connectivity index (χ4n) is 12.3. The van der Waals surface area contributed by atoms with Crippen molar-refractivity contribution in [3.63, 3.8) is 0 Å². The molecule has 7 nitrogen and oxygen atoms in total. The van der Waals surface area contributed by atoms with Gasteiger partial charge in [-0.25, -0.2) is 4.68 Å². The van der Waals surface area contributed by atoms with Crippen molar-refractivity contribution in [3.8, 4) is 0 Å². The Labute approximate surface area is 292 Å². The fraction of sp³-hybridized carbons (Fsp3) is 0.725. The summed E-state index contributed by atoms with van der Waals surface area (Å²) in [6.45, 7) is 15.5. The average molecular weight is 677 g/mol. The quantitative estimate of drug-likeness (QED) is 0.272. The number of aromatic nitrogens is 3. The van der Waals surface area contributed by atoms with Gasteiger partial charge in [-0.15, -0.1) is 5.10 Å². The number of hydrogen-bond donors (Lipinski definition) is 3. The molecule has 1 aromatic carbocycles. The molecule has 4 fully saturated rings. The molecule has 0 bridgehead atoms. The van der Waals surface area contributed by atoms with Crippen molar-refractivity contribution in [2.45, 2.75) is 125 Å². The van der Waals surface area contributed by atoms with Crippen molar-refractivity contribution < 1.29 is 15.0 Å². The minimum atomic E-state index is -0.451. The summed E-state index contributed by atoms with van der Waals surface area (Å²) in [6, 6.07) is 7.76. The first-order valence-electron chi connectivity index (χ1n) is 18.5. The second kappa shape index (κ2) is 11.7. The molecule has 9 atom stereocenters. The van der Waals surface area contributed by atoms with Gasteiger partial charge in [0.25, 0.3) is 0 Å². The van der Waals surface area contributed by atoms with Gasteiger partial charge in [-0.2, -0.15) is 0 Å². The lowest BCUT2D eigenvalue weighted by atomic mass is 9.33. The topological polar surface area (TPSA) is 100 Å². The van der Waals surface area contributed by atoms with E-state index in [1.807, 2.05) is 30.5 Å². The highest BCUT2D eigenvalue weighted by Gasteiger charge is 2.69. The van der Waals surface area contributed by atoms with E-state index in [2.05, 4.69) is 63.2 Å². The third kappa shape index (κ3) is 5.06. The Bertz CT molecular complexity index is 1600. The van der Waals surface area contributed by atoms with Crippen molar-refractivity contribution >= 4 is 17.5 Å². The van der Waals surface area contributed by atoms with E-state index in [1.165, 1.54) is 0 Å². The van der Waals surface area contributed by atoms with Crippen LogP contribution in [0.2, 0.25) is 5.02 Å². The number of aliphatic hydroxyl groups excluding tert-OH is 2. The highest BCUT2D eigenvalue weighted by Crippen LogP contribution is 2.75. The Morgan fingerprint density at radius 1 is 1.02 bits per heavy atom. The van der Waals surface area contributed by atoms with Crippen LogP contribution in [-0.4, -0.2) is 43.8 Å². The van der Waals surface area contributed by atoms with Gasteiger partial charge >= 0.3 is 0 Å². The van der Waals surface area contributed by atoms with Crippen LogP contribution in [0.25, 0.3) is 0 Å². The number of halogens is 1. The summed E-state index contributed by atoms with van der Waals surface area (Å²) in [6.07, 6.45) is 14.0. The molecule has 1 amide bonds. The van der Waals surface area contributed by atoms with Crippen molar-refractivity contribution in [1.29, 1.82) is 0 Å². The third-order valence-electron chi connectivity index (χ3n) is 15.5. The van der Waals surface area contributed by atoms with E-state index in [4.69, 9.17) is 11.6 Å². The van der Waals surface area contributed by atoms with Gasteiger partial charge < -0.3 is 15.5 Å². The second-order valence-corrected chi connectivity index (χ2v) is 18.7. The Morgan fingerprint density at radius 2 is 1.79 bits per heavy atom. The largest absolute Gasteiger partial charge is 0.396 e. The molecule has 1 aromatic heterocycles. The van der Waals surface area contributed by atoms with E-state index >= 15 is 0 Å². The number of fused-ring (bicyclic) bond motifs is 7. The van der Waals surface area contributed by atoms with Crippen LogP contribution >= 0.6 is 11.6 Å². The molecule has 0 aliphatic heterocycles. The maximum atomic E-state index is 14.5. The van der Waals surface area contributed by atoms with Crippen LogP contribution in [0.5, 0.6) is 0 Å². The molecular formula is C40H57ClN4O3. The Hall–Kier alpha value is -2.22. The summed E-state index contributed by atoms with van der Waals surface area (Å²) >= 11 is 6.18. The van der Waals surface area contributed by atoms with E-state index < -0.39 is 16.9 Å². The summed E-state index contributed by atoms with van der Waals surface area (Å²) in [5, 5.41) is 34.5. The molecule has 5 aliphatic rings. The Kier molecular flexibility index (Phi) is 8.32. The van der Waals surface area contributed by atoms with E-state index in [9.17, 15) is 15.0 Å². The summed E-state index contributed by atoms with van der Waals surface area (Å²) in [5.41, 5.74) is 2.87. The summed E-state index contributed by atoms with van der Waals surface area (Å²) < 4.78 is 1.80. The van der Waals surface area contributed by atoms with Crippen molar-refractivity contribution in [2.75, 3.05) is 6.61 Å². The monoisotopic (exact) mass is 676 g/mol. The zero-order valence-corrected chi connectivity index (χ0v) is 30.7. The molecule has 0 spiro atoms. The van der Waals surface area contributed by atoms with Gasteiger partial charge in [-0.3, -0.25) is 4.79 Å². The Morgan fingerprint density at radius 3 is 2.54 bits per heavy atom. The first-order chi connectivity index (χ1) is 22.6. The lowest BCUT2D eigenvalue weighted by Crippen LogP contribution is -2.66. The normalized spacial score (nSPS) is 41.6. The number of carbonyl (C=O) groups excluding carboxylic acids is 1. The first-order valence-corrected chi connectivity index (χ1v) is 18.9. The molecule has 1 heterocycles. The predicted octanol–water partition coefficient (Wildman–Crippen LogP) is 7.73. The van der Waals surface area contributed by atoms with E-state index in [-0.39, 0.29) is 40.1 Å². The molecule has 4 saturated carbocycles. The lowest BCUT2D eigenvalue weighted by molar-refractivity contribution is -0.215. The molecule has 0 unspecified atom stereocenters. The molecule has 7 rings (SSSR count). The molecule has 48 heavy (non-hydrogen) atoms. The van der Waals surface area contributed by atoms with Crippen molar-refractivity contribution in [2.24, 2.45) is 50.2 Å². The van der Waals surface area contributed by atoms with Crippen LogP contribution in [0, 0.1) is 50.2 Å². The highest BCUT2D eigenvalue weighted by atomic mass is 35.5. The summed E-state index contributed by atoms with van der Waals surface area (Å²) in [7, 11) is 0. The smallest absolute Gasteiger partial charge is 0.227 e. The number of nitrogens with one attached hydrogen (secondary N) is 1. The van der Waals surface area contributed by atoms with Gasteiger partial charge in [0.1, 0.15) is 5.69 Å². The van der Waals surface area contributed by atoms with Crippen LogP contribution < -0.4 is 5.32 Å². The number of hydrogen-bond acceptors (Lipinski definition) is 5. The minimum Gasteiger partial charge on any atom is -0.396 e. The van der Waals surface area contributed by atoms with Gasteiger partial charge in [-0.1, -0.05) is 82.1 Å². The fourth-order valence-corrected chi connectivity index (χ4v) is 12.6. The van der Waals surface area contributed by atoms with Crippen LogP contribution in [0.3, 0.4) is 0 Å². The molecule has 8 heteroatoms. The molecule has 3 N–H and O–H groups in total. The van der Waals surface area contributed by atoms with Gasteiger partial charge in [0.2, 0.25) is 5.91 Å². The number of amides is 1. The number of benzene rings is 1. The number of aliphatic hydroxyl groups is 2. The standard InChI is InChI=1S/C40H57ClN4O3/c1-35(2)16-18-40(34(48)42-22-28-24-45(44-43-28)23-26-8-7-9-27(41)20-26)19-17-38(5)29(30(40)21-35)10-11-32-36(3)14-13-33(47)37(4,25-46)31(36)12-15-39(32,38)6/h7-10,20,24,30-33,46-47H,11-19,21-23,25H2,1-6H3,(H,42,48)/t30-,31+,32+,33-,36-,37-,38+,39+,40-/m0/s1. The van der Waals surface area contributed by atoms with Crippen LogP contribution in [0.15, 0.2) is 42.1 Å². The number of nitrogens with zero attached hydrogens (tertiary/aromatic N) is 3. The predicted molar refractivity (Wildman–Crippen MR) is 189 cm³/mol. The molecule has 262 valence electrons. The Balaban J connectivity index is 1.15. The maximum absolute atomic E-state index is 14.5. The molecule has 0 radical (unpaired) electrons. The second-order valence-electron chi connectivity index (χ2n) is 18.3. The van der Waals surface area contributed by atoms with Gasteiger partial charge in [-0.05, 0) is 121 Å². The van der Waals surface area contributed by atoms with Gasteiger partial charge in [0.15, 0.2) is 0 Å². The lowest BCUT2D eigenvalue weighted by Gasteiger charge is -2.71. The SMILES string of the molecule is CC1(C)CC[C@]2(C(=O)NCc3cn(Cc4cccc(Cl)c4)nn3)CC[C@]3(C)C(=CC[C@@H]4[C@@]5(C)CC[C@H](O)[C@@](C)(CO)[C@@H]5CC[C@]43C)[C@@H]2C1. The van der Waals surface area contributed by atoms with Crippen molar-refractivity contribution in [3.05, 3.63) is 58.4 Å². The van der Waals surface area contributed by atoms with Gasteiger partial charge in [0.05, 0.1) is 37.4 Å². The average Bonchev–Trinajstić information content (AvgIpc) is 3.49. The number of allylic oxidation sites excluding steroid dienone is 2. The van der Waals surface area contributed by atoms with Gasteiger partial charge in [0, 0.05) is 10.4 Å². The van der Waals surface area contributed by atoms with E-state index in [0.717, 1.165) is 75.5 Å². The molecule has 5 aliphatic carbocycles. The highest BCUT2D eigenvalue weighted by molar-refractivity contribution is 6.30. The van der Waals surface area contributed by atoms with E-state index in [1.54, 1.807) is 10.3 Å². The number of rotatable bonds is 6. The minimum absolute atomic E-state index is 0.0144. The summed E-state index contributed by atoms with van der Waals surface area (Å²) in [5.74, 6) is 1.19. The van der Waals surface area contributed by atoms with Crippen molar-refractivity contribution in [1.82, 2.24) is 20.3 Å². The zero-order chi connectivity index (χ0) is 34.3. The first kappa shape index (κ1) is 34.2. The van der Waals surface area contributed by atoms with E-state index in [0.29, 0.717) is 29.9 Å². The van der Waals surface area contributed by atoms with Crippen LogP contribution in [-0.2, 0) is 17.9 Å². The van der Waals surface area contributed by atoms with Crippen LogP contribution in [0.4, 0.5) is 0 Å². The third-order valence-corrected chi connectivity index (χ3v) is 15.7. The maximum Gasteiger partial charge on any atom is 0.227 e. The molecular weight excluding hydrogens is 620 g/mol. The summed E-state index contributed by atoms with van der Waals surface area (Å²) in [4.78, 5) is 14.5. The molecule has 2 aromatic rings. The molecule has 0 saturated heterocycles.